The number of rotatable bonds is 14. The highest BCUT2D eigenvalue weighted by Crippen LogP contribution is 2.14. The van der Waals surface area contributed by atoms with E-state index in [9.17, 15) is 38.4 Å². The van der Waals surface area contributed by atoms with Crippen LogP contribution < -0.4 is 21.6 Å². The summed E-state index contributed by atoms with van der Waals surface area (Å²) < 4.78 is 25.7. The molecule has 0 radical (unpaired) electrons. The number of thioether (sulfide) groups is 3. The van der Waals surface area contributed by atoms with E-state index in [1.807, 2.05) is 58.0 Å². The average Bonchev–Trinajstić information content (AvgIpc) is 3.17. The molecule has 0 spiro atoms. The van der Waals surface area contributed by atoms with E-state index in [-0.39, 0.29) is 29.5 Å². The summed E-state index contributed by atoms with van der Waals surface area (Å²) in [7, 11) is 0. The van der Waals surface area contributed by atoms with Gasteiger partial charge in [0.05, 0.1) is 0 Å². The molecule has 4 N–H and O–H groups in total. The first kappa shape index (κ1) is 66.3. The monoisotopic (exact) mass is 1040 g/mol. The third-order valence-electron chi connectivity index (χ3n) is 6.89. The Balaban J connectivity index is 0. The van der Waals surface area contributed by atoms with Gasteiger partial charge in [0.1, 0.15) is 35.6 Å². The second kappa shape index (κ2) is 33.7. The van der Waals surface area contributed by atoms with Gasteiger partial charge < -0.3 is 29.0 Å². The fraction of sp³-hybridized carbons (Fsp3) is 0.696. The van der Waals surface area contributed by atoms with E-state index < -0.39 is 58.0 Å². The van der Waals surface area contributed by atoms with Gasteiger partial charge in [-0.05, 0) is 125 Å². The van der Waals surface area contributed by atoms with Crippen molar-refractivity contribution in [3.8, 4) is 0 Å². The second-order valence-corrected chi connectivity index (χ2v) is 22.6. The van der Waals surface area contributed by atoms with Crippen LogP contribution in [0.3, 0.4) is 0 Å². The van der Waals surface area contributed by atoms with Crippen LogP contribution in [0, 0.1) is 5.92 Å². The van der Waals surface area contributed by atoms with Gasteiger partial charge >= 0.3 is 35.6 Å². The summed E-state index contributed by atoms with van der Waals surface area (Å²) >= 11 is 3.23. The zero-order valence-electron chi connectivity index (χ0n) is 43.9. The topological polar surface area (TPSA) is 241 Å². The van der Waals surface area contributed by atoms with E-state index in [1.165, 1.54) is 10.0 Å². The zero-order valence-corrected chi connectivity index (χ0v) is 46.4. The lowest BCUT2D eigenvalue weighted by molar-refractivity contribution is -0.155. The summed E-state index contributed by atoms with van der Waals surface area (Å²) in [6, 6.07) is 9.42. The van der Waals surface area contributed by atoms with Crippen molar-refractivity contribution in [3.63, 3.8) is 0 Å². The van der Waals surface area contributed by atoms with Crippen LogP contribution in [0.4, 0.5) is 33.6 Å². The number of hydrogen-bond donors (Lipinski definition) is 4. The van der Waals surface area contributed by atoms with Crippen molar-refractivity contribution in [1.29, 1.82) is 0 Å². The third-order valence-corrected chi connectivity index (χ3v) is 9.15. The fourth-order valence-electron chi connectivity index (χ4n) is 4.57. The molecule has 0 saturated heterocycles. The first-order chi connectivity index (χ1) is 31.7. The third kappa shape index (κ3) is 39.7. The van der Waals surface area contributed by atoms with Crippen molar-refractivity contribution in [2.24, 2.45) is 5.92 Å². The lowest BCUT2D eigenvalue weighted by Gasteiger charge is -2.26. The molecule has 23 heteroatoms. The van der Waals surface area contributed by atoms with Gasteiger partial charge in [-0.2, -0.15) is 0 Å². The molecule has 0 fully saturated rings. The van der Waals surface area contributed by atoms with Crippen molar-refractivity contribution >= 4 is 81.3 Å². The minimum atomic E-state index is -0.805. The Bertz CT molecular complexity index is 1700. The van der Waals surface area contributed by atoms with Gasteiger partial charge in [0.25, 0.3) is 10.5 Å². The number of amides is 7. The molecule has 69 heavy (non-hydrogen) atoms. The van der Waals surface area contributed by atoms with Crippen molar-refractivity contribution in [2.75, 3.05) is 43.4 Å². The number of nitrogens with zero attached hydrogens (tertiary/aromatic N) is 3. The van der Waals surface area contributed by atoms with Gasteiger partial charge in [-0.15, -0.1) is 0 Å². The van der Waals surface area contributed by atoms with Gasteiger partial charge in [0, 0.05) is 19.6 Å². The molecule has 0 aliphatic carbocycles. The van der Waals surface area contributed by atoms with E-state index in [2.05, 4.69) is 21.6 Å². The van der Waals surface area contributed by atoms with Gasteiger partial charge in [0.15, 0.2) is 0 Å². The standard InChI is InChI=1S/C20H31N3O5S.C14H26N2O5S.C12H24N2O3S/c1-5-29-19(26)23(22-18(25)28-20(2,3)4)14-10-9-13-21-17(24)27-15-16-11-7-6-8-12-16;1-8-22-12(19)16(9-10(17)20-13(2,3)4)15-11(18)21-14(5,6)7;1-7-18-11(16)14(8-9(2)3)13-10(15)17-12(4,5)6/h6-8,11-12H,5,9-10,13-15H2,1-4H3,(H,21,24)(H,22,25);8-9H2,1-7H3,(H,15,18);9H,7-8H2,1-6H3,(H,13,15). The normalized spacial score (nSPS) is 11.2. The van der Waals surface area contributed by atoms with Crippen LogP contribution in [0.15, 0.2) is 30.3 Å². The molecule has 0 saturated carbocycles. The van der Waals surface area contributed by atoms with Gasteiger partial charge in [-0.1, -0.05) is 100 Å². The SMILES string of the molecule is CCSC(=O)N(CC(=O)OC(C)(C)C)NC(=O)OC(C)(C)C.CCSC(=O)N(CC(C)C)NC(=O)OC(C)(C)C.CCSC(=O)N(CCCCNC(=O)OCc1ccccc1)NC(=O)OC(C)(C)C. The molecule has 1 rings (SSSR count). The minimum absolute atomic E-state index is 0.169. The summed E-state index contributed by atoms with van der Waals surface area (Å²) in [6.45, 7) is 31.4. The molecular weight excluding hydrogens is 955 g/mol. The zero-order chi connectivity index (χ0) is 53.6. The maximum Gasteiger partial charge on any atom is 0.426 e. The second-order valence-electron chi connectivity index (χ2n) is 19.0. The largest absolute Gasteiger partial charge is 0.459 e. The molecule has 1 aromatic carbocycles. The maximum atomic E-state index is 12.2. The van der Waals surface area contributed by atoms with Crippen molar-refractivity contribution < 1.29 is 62.0 Å². The van der Waals surface area contributed by atoms with Crippen molar-refractivity contribution in [3.05, 3.63) is 35.9 Å². The quantitative estimate of drug-likeness (QED) is 0.0586. The van der Waals surface area contributed by atoms with Crippen LogP contribution in [-0.4, -0.2) is 127 Å². The molecule has 7 amide bonds. The number of hydrogen-bond acceptors (Lipinski definition) is 16. The first-order valence-corrected chi connectivity index (χ1v) is 25.6. The smallest absolute Gasteiger partial charge is 0.426 e. The van der Waals surface area contributed by atoms with Crippen LogP contribution in [0.1, 0.15) is 136 Å². The highest BCUT2D eigenvalue weighted by Gasteiger charge is 2.27. The average molecular weight is 1040 g/mol. The van der Waals surface area contributed by atoms with Crippen LogP contribution in [-0.2, 0) is 35.1 Å². The molecule has 0 bridgehead atoms. The number of unbranched alkanes of at least 4 members (excludes halogenated alkanes) is 1. The Morgan fingerprint density at radius 2 is 0.928 bits per heavy atom. The highest BCUT2D eigenvalue weighted by molar-refractivity contribution is 8.14. The van der Waals surface area contributed by atoms with Crippen molar-refractivity contribution in [2.45, 2.75) is 160 Å². The Hall–Kier alpha value is -4.77. The number of alkyl carbamates (subject to hydrolysis) is 1. The Morgan fingerprint density at radius 1 is 0.536 bits per heavy atom. The molecule has 20 nitrogen and oxygen atoms in total. The van der Waals surface area contributed by atoms with E-state index >= 15 is 0 Å². The van der Waals surface area contributed by atoms with Crippen LogP contribution in [0.5, 0.6) is 0 Å². The van der Waals surface area contributed by atoms with Gasteiger partial charge in [-0.3, -0.25) is 19.2 Å². The van der Waals surface area contributed by atoms with E-state index in [1.54, 1.807) is 90.0 Å². The summed E-state index contributed by atoms with van der Waals surface area (Å²) in [5.74, 6) is 1.43. The lowest BCUT2D eigenvalue weighted by Crippen LogP contribution is -2.49. The number of nitrogens with one attached hydrogen (secondary N) is 4. The number of ether oxygens (including phenoxy) is 5. The summed E-state index contributed by atoms with van der Waals surface area (Å²) in [4.78, 5) is 94.8. The van der Waals surface area contributed by atoms with Crippen LogP contribution >= 0.6 is 35.3 Å². The summed E-state index contributed by atoms with van der Waals surface area (Å²) in [5, 5.41) is 5.24. The molecule has 0 heterocycles. The predicted octanol–water partition coefficient (Wildman–Crippen LogP) is 10.5. The van der Waals surface area contributed by atoms with Crippen molar-refractivity contribution in [1.82, 2.24) is 36.6 Å². The molecule has 0 atom stereocenters. The number of carbonyl (C=O) groups excluding carboxylic acids is 8. The van der Waals surface area contributed by atoms with E-state index in [0.717, 1.165) is 45.9 Å². The number of carbonyl (C=O) groups is 8. The fourth-order valence-corrected chi connectivity index (χ4v) is 6.15. The summed E-state index contributed by atoms with van der Waals surface area (Å²) in [5.41, 5.74) is 5.56. The molecule has 0 aliphatic rings. The molecular formula is C46H81N7O13S3. The van der Waals surface area contributed by atoms with E-state index in [4.69, 9.17) is 23.7 Å². The molecule has 0 aliphatic heterocycles. The highest BCUT2D eigenvalue weighted by atomic mass is 32.2. The Morgan fingerprint density at radius 3 is 1.33 bits per heavy atom. The molecule has 0 unspecified atom stereocenters. The minimum Gasteiger partial charge on any atom is -0.459 e. The van der Waals surface area contributed by atoms with Crippen LogP contribution in [0.2, 0.25) is 0 Å². The number of hydrazine groups is 3. The molecule has 0 aromatic heterocycles. The van der Waals surface area contributed by atoms with Crippen LogP contribution in [0.25, 0.3) is 0 Å². The first-order valence-electron chi connectivity index (χ1n) is 22.7. The van der Waals surface area contributed by atoms with E-state index in [0.29, 0.717) is 49.7 Å². The lowest BCUT2D eigenvalue weighted by atomic mass is 10.2. The Kier molecular flexibility index (Phi) is 32.4. The number of esters is 1. The van der Waals surface area contributed by atoms with Gasteiger partial charge in [-0.25, -0.2) is 50.5 Å². The molecule has 1 aromatic rings. The number of benzene rings is 1. The molecule has 396 valence electrons. The maximum absolute atomic E-state index is 12.2. The summed E-state index contributed by atoms with van der Waals surface area (Å²) in [6.07, 6.45) is -1.36. The predicted molar refractivity (Wildman–Crippen MR) is 273 cm³/mol. The van der Waals surface area contributed by atoms with Gasteiger partial charge in [0.2, 0.25) is 0 Å². The Labute approximate surface area is 423 Å².